The molecule has 1 saturated carbocycles. The number of benzene rings is 1. The molecule has 3 nitrogen and oxygen atoms in total. The summed E-state index contributed by atoms with van der Waals surface area (Å²) in [7, 11) is 0. The molecular weight excluding hydrogens is 214 g/mol. The van der Waals surface area contributed by atoms with Crippen LogP contribution in [0.25, 0.3) is 0 Å². The van der Waals surface area contributed by atoms with Crippen molar-refractivity contribution in [3.05, 3.63) is 24.3 Å². The molecule has 0 unspecified atom stereocenters. The Hall–Kier alpha value is -1.51. The predicted octanol–water partition coefficient (Wildman–Crippen LogP) is 3.36. The summed E-state index contributed by atoms with van der Waals surface area (Å²) in [6.07, 6.45) is 6.34. The van der Waals surface area contributed by atoms with Crippen molar-refractivity contribution in [2.24, 2.45) is 0 Å². The van der Waals surface area contributed by atoms with Crippen LogP contribution in [0.4, 0.5) is 5.69 Å². The van der Waals surface area contributed by atoms with Gasteiger partial charge in [0, 0.05) is 6.92 Å². The Labute approximate surface area is 102 Å². The zero-order valence-electron chi connectivity index (χ0n) is 10.2. The predicted molar refractivity (Wildman–Crippen MR) is 68.2 cm³/mol. The van der Waals surface area contributed by atoms with Gasteiger partial charge in [0.2, 0.25) is 5.91 Å². The van der Waals surface area contributed by atoms with Gasteiger partial charge in [-0.25, -0.2) is 0 Å². The second-order valence-corrected chi connectivity index (χ2v) is 4.56. The van der Waals surface area contributed by atoms with Crippen molar-refractivity contribution in [1.82, 2.24) is 0 Å². The standard InChI is InChI=1S/C14H19NO2/c1-11(16)15-13-9-5-6-10-14(13)17-12-7-3-2-4-8-12/h5-6,9-10,12H,2-4,7-8H2,1H3,(H,15,16). The molecule has 1 aromatic rings. The molecule has 0 bridgehead atoms. The molecule has 1 N–H and O–H groups in total. The summed E-state index contributed by atoms with van der Waals surface area (Å²) < 4.78 is 5.97. The van der Waals surface area contributed by atoms with Gasteiger partial charge in [0.25, 0.3) is 0 Å². The molecular formula is C14H19NO2. The molecule has 1 aromatic carbocycles. The van der Waals surface area contributed by atoms with Crippen LogP contribution in [0.5, 0.6) is 5.75 Å². The summed E-state index contributed by atoms with van der Waals surface area (Å²) in [5.74, 6) is 0.722. The highest BCUT2D eigenvalue weighted by molar-refractivity contribution is 5.90. The number of nitrogens with one attached hydrogen (secondary N) is 1. The Bertz CT molecular complexity index is 384. The van der Waals surface area contributed by atoms with E-state index in [-0.39, 0.29) is 5.91 Å². The highest BCUT2D eigenvalue weighted by Crippen LogP contribution is 2.28. The Kier molecular flexibility index (Phi) is 4.02. The fourth-order valence-electron chi connectivity index (χ4n) is 2.22. The van der Waals surface area contributed by atoms with Crippen molar-refractivity contribution in [3.8, 4) is 5.75 Å². The van der Waals surface area contributed by atoms with Crippen LogP contribution in [-0.4, -0.2) is 12.0 Å². The minimum Gasteiger partial charge on any atom is -0.488 e. The molecule has 0 aromatic heterocycles. The van der Waals surface area contributed by atoms with Crippen LogP contribution in [0, 0.1) is 0 Å². The molecule has 0 saturated heterocycles. The SMILES string of the molecule is CC(=O)Nc1ccccc1OC1CCCCC1. The van der Waals surface area contributed by atoms with E-state index in [0.717, 1.165) is 24.3 Å². The van der Waals surface area contributed by atoms with Crippen molar-refractivity contribution < 1.29 is 9.53 Å². The summed E-state index contributed by atoms with van der Waals surface area (Å²) >= 11 is 0. The minimum atomic E-state index is -0.0651. The number of anilines is 1. The minimum absolute atomic E-state index is 0.0651. The molecule has 2 rings (SSSR count). The summed E-state index contributed by atoms with van der Waals surface area (Å²) in [5.41, 5.74) is 0.769. The molecule has 0 spiro atoms. The fourth-order valence-corrected chi connectivity index (χ4v) is 2.22. The maximum absolute atomic E-state index is 11.1. The summed E-state index contributed by atoms with van der Waals surface area (Å²) in [6, 6.07) is 7.63. The van der Waals surface area contributed by atoms with Gasteiger partial charge < -0.3 is 10.1 Å². The maximum Gasteiger partial charge on any atom is 0.221 e. The summed E-state index contributed by atoms with van der Waals surface area (Å²) in [5, 5.41) is 2.80. The van der Waals surface area contributed by atoms with E-state index in [9.17, 15) is 4.79 Å². The van der Waals surface area contributed by atoms with E-state index < -0.39 is 0 Å². The quantitative estimate of drug-likeness (QED) is 0.869. The van der Waals surface area contributed by atoms with Gasteiger partial charge in [-0.2, -0.15) is 0 Å². The number of hydrogen-bond acceptors (Lipinski definition) is 2. The van der Waals surface area contributed by atoms with Gasteiger partial charge in [-0.1, -0.05) is 18.6 Å². The third-order valence-corrected chi connectivity index (χ3v) is 3.04. The second-order valence-electron chi connectivity index (χ2n) is 4.56. The lowest BCUT2D eigenvalue weighted by molar-refractivity contribution is -0.114. The van der Waals surface area contributed by atoms with Gasteiger partial charge in [0.05, 0.1) is 11.8 Å². The van der Waals surface area contributed by atoms with E-state index in [1.807, 2.05) is 24.3 Å². The van der Waals surface area contributed by atoms with E-state index in [0.29, 0.717) is 6.10 Å². The van der Waals surface area contributed by atoms with Crippen molar-refractivity contribution in [3.63, 3.8) is 0 Å². The van der Waals surface area contributed by atoms with Crippen LogP contribution in [-0.2, 0) is 4.79 Å². The van der Waals surface area contributed by atoms with Crippen molar-refractivity contribution in [2.45, 2.75) is 45.1 Å². The van der Waals surface area contributed by atoms with Crippen LogP contribution in [0.3, 0.4) is 0 Å². The number of rotatable bonds is 3. The Morgan fingerprint density at radius 2 is 1.94 bits per heavy atom. The Morgan fingerprint density at radius 1 is 1.24 bits per heavy atom. The monoisotopic (exact) mass is 233 g/mol. The second kappa shape index (κ2) is 5.71. The number of carbonyl (C=O) groups is 1. The maximum atomic E-state index is 11.1. The molecule has 3 heteroatoms. The number of amides is 1. The third-order valence-electron chi connectivity index (χ3n) is 3.04. The first-order chi connectivity index (χ1) is 8.25. The molecule has 17 heavy (non-hydrogen) atoms. The highest BCUT2D eigenvalue weighted by Gasteiger charge is 2.16. The van der Waals surface area contributed by atoms with Crippen LogP contribution < -0.4 is 10.1 Å². The van der Waals surface area contributed by atoms with E-state index in [4.69, 9.17) is 4.74 Å². The molecule has 0 heterocycles. The van der Waals surface area contributed by atoms with E-state index >= 15 is 0 Å². The van der Waals surface area contributed by atoms with Crippen LogP contribution in [0.2, 0.25) is 0 Å². The summed E-state index contributed by atoms with van der Waals surface area (Å²) in [4.78, 5) is 11.1. The first kappa shape index (κ1) is 12.0. The largest absolute Gasteiger partial charge is 0.488 e. The molecule has 1 fully saturated rings. The average Bonchev–Trinajstić information content (AvgIpc) is 2.32. The average molecular weight is 233 g/mol. The first-order valence-corrected chi connectivity index (χ1v) is 6.29. The topological polar surface area (TPSA) is 38.3 Å². The lowest BCUT2D eigenvalue weighted by Crippen LogP contribution is -2.20. The normalized spacial score (nSPS) is 16.5. The molecule has 92 valence electrons. The smallest absolute Gasteiger partial charge is 0.221 e. The first-order valence-electron chi connectivity index (χ1n) is 6.29. The van der Waals surface area contributed by atoms with E-state index in [1.54, 1.807) is 0 Å². The molecule has 0 radical (unpaired) electrons. The van der Waals surface area contributed by atoms with Crippen molar-refractivity contribution >= 4 is 11.6 Å². The molecule has 0 aliphatic heterocycles. The zero-order valence-corrected chi connectivity index (χ0v) is 10.2. The van der Waals surface area contributed by atoms with Gasteiger partial charge >= 0.3 is 0 Å². The van der Waals surface area contributed by atoms with Crippen LogP contribution in [0.15, 0.2) is 24.3 Å². The van der Waals surface area contributed by atoms with Gasteiger partial charge in [0.15, 0.2) is 0 Å². The molecule has 1 aliphatic rings. The zero-order chi connectivity index (χ0) is 12.1. The van der Waals surface area contributed by atoms with Gasteiger partial charge in [-0.15, -0.1) is 0 Å². The molecule has 0 atom stereocenters. The van der Waals surface area contributed by atoms with Crippen LogP contribution >= 0.6 is 0 Å². The number of para-hydroxylation sites is 2. The van der Waals surface area contributed by atoms with Crippen molar-refractivity contribution in [2.75, 3.05) is 5.32 Å². The number of carbonyl (C=O) groups excluding carboxylic acids is 1. The lowest BCUT2D eigenvalue weighted by atomic mass is 9.98. The summed E-state index contributed by atoms with van der Waals surface area (Å²) in [6.45, 7) is 1.51. The molecule has 1 amide bonds. The van der Waals surface area contributed by atoms with Gasteiger partial charge in [-0.05, 0) is 37.8 Å². The van der Waals surface area contributed by atoms with Crippen molar-refractivity contribution in [1.29, 1.82) is 0 Å². The Morgan fingerprint density at radius 3 is 2.65 bits per heavy atom. The lowest BCUT2D eigenvalue weighted by Gasteiger charge is -2.24. The molecule has 1 aliphatic carbocycles. The van der Waals surface area contributed by atoms with Crippen LogP contribution in [0.1, 0.15) is 39.0 Å². The number of ether oxygens (including phenoxy) is 1. The van der Waals surface area contributed by atoms with E-state index in [2.05, 4.69) is 5.32 Å². The van der Waals surface area contributed by atoms with Gasteiger partial charge in [0.1, 0.15) is 5.75 Å². The third kappa shape index (κ3) is 3.48. The Balaban J connectivity index is 2.05. The number of hydrogen-bond donors (Lipinski definition) is 1. The van der Waals surface area contributed by atoms with Gasteiger partial charge in [-0.3, -0.25) is 4.79 Å². The highest BCUT2D eigenvalue weighted by atomic mass is 16.5. The van der Waals surface area contributed by atoms with E-state index in [1.165, 1.54) is 26.2 Å². The fraction of sp³-hybridized carbons (Fsp3) is 0.500.